The number of fused-ring (bicyclic) bond motifs is 1. The number of esters is 1. The Morgan fingerprint density at radius 1 is 1.24 bits per heavy atom. The lowest BCUT2D eigenvalue weighted by molar-refractivity contribution is -0.144. The molecule has 0 unspecified atom stereocenters. The molecule has 2 aromatic rings. The van der Waals surface area contributed by atoms with Gasteiger partial charge in [-0.15, -0.1) is 0 Å². The highest BCUT2D eigenvalue weighted by Gasteiger charge is 2.22. The van der Waals surface area contributed by atoms with Crippen LogP contribution in [0.1, 0.15) is 25.8 Å². The number of carbonyl (C=O) groups is 1. The van der Waals surface area contributed by atoms with Gasteiger partial charge in [0.25, 0.3) is 0 Å². The van der Waals surface area contributed by atoms with Gasteiger partial charge in [-0.2, -0.15) is 0 Å². The minimum Gasteiger partial charge on any atom is -0.465 e. The van der Waals surface area contributed by atoms with Crippen LogP contribution in [0.3, 0.4) is 0 Å². The summed E-state index contributed by atoms with van der Waals surface area (Å²) in [6, 6.07) is 11.2. The Morgan fingerprint density at radius 2 is 2.00 bits per heavy atom. The van der Waals surface area contributed by atoms with E-state index in [0.717, 1.165) is 25.9 Å². The SMILES string of the molecule is CCOC(=O)CN1CCC(n2ccc3ccccc32)CC1. The molecule has 0 radical (unpaired) electrons. The Bertz CT molecular complexity index is 612. The zero-order chi connectivity index (χ0) is 14.7. The van der Waals surface area contributed by atoms with E-state index in [0.29, 0.717) is 19.2 Å². The van der Waals surface area contributed by atoms with Crippen LogP contribution in [0.4, 0.5) is 0 Å². The number of rotatable bonds is 4. The van der Waals surface area contributed by atoms with Crippen molar-refractivity contribution in [3.63, 3.8) is 0 Å². The van der Waals surface area contributed by atoms with Crippen LogP contribution in [0.2, 0.25) is 0 Å². The second kappa shape index (κ2) is 6.31. The Hall–Kier alpha value is -1.81. The van der Waals surface area contributed by atoms with Gasteiger partial charge in [0.15, 0.2) is 0 Å². The molecule has 4 nitrogen and oxygen atoms in total. The Labute approximate surface area is 125 Å². The fraction of sp³-hybridized carbons (Fsp3) is 0.471. The minimum absolute atomic E-state index is 0.109. The van der Waals surface area contributed by atoms with Gasteiger partial charge in [-0.3, -0.25) is 9.69 Å². The number of benzene rings is 1. The van der Waals surface area contributed by atoms with E-state index in [-0.39, 0.29) is 5.97 Å². The standard InChI is InChI=1S/C17H22N2O2/c1-2-21-17(20)13-18-10-8-15(9-11-18)19-12-7-14-5-3-4-6-16(14)19/h3-7,12,15H,2,8-11,13H2,1H3. The van der Waals surface area contributed by atoms with Gasteiger partial charge in [-0.1, -0.05) is 18.2 Å². The van der Waals surface area contributed by atoms with Crippen molar-refractivity contribution >= 4 is 16.9 Å². The number of carbonyl (C=O) groups excluding carboxylic acids is 1. The Morgan fingerprint density at radius 3 is 2.76 bits per heavy atom. The van der Waals surface area contributed by atoms with Crippen molar-refractivity contribution in [1.82, 2.24) is 9.47 Å². The third-order valence-electron chi connectivity index (χ3n) is 4.24. The van der Waals surface area contributed by atoms with Gasteiger partial charge in [-0.25, -0.2) is 0 Å². The fourth-order valence-corrected chi connectivity index (χ4v) is 3.17. The van der Waals surface area contributed by atoms with Crippen LogP contribution in [0.15, 0.2) is 36.5 Å². The molecule has 0 amide bonds. The molecule has 1 fully saturated rings. The van der Waals surface area contributed by atoms with E-state index in [4.69, 9.17) is 4.74 Å². The molecule has 21 heavy (non-hydrogen) atoms. The molecule has 0 aliphatic carbocycles. The molecule has 4 heteroatoms. The maximum absolute atomic E-state index is 11.5. The van der Waals surface area contributed by atoms with Crippen LogP contribution in [-0.4, -0.2) is 41.7 Å². The van der Waals surface area contributed by atoms with Gasteiger partial charge in [0, 0.05) is 30.8 Å². The van der Waals surface area contributed by atoms with Crippen molar-refractivity contribution in [2.24, 2.45) is 0 Å². The van der Waals surface area contributed by atoms with Crippen LogP contribution in [0, 0.1) is 0 Å². The quantitative estimate of drug-likeness (QED) is 0.811. The Balaban J connectivity index is 1.62. The molecule has 1 aromatic heterocycles. The molecule has 1 saturated heterocycles. The summed E-state index contributed by atoms with van der Waals surface area (Å²) in [5.74, 6) is -0.109. The second-order valence-corrected chi connectivity index (χ2v) is 5.59. The highest BCUT2D eigenvalue weighted by atomic mass is 16.5. The molecule has 0 spiro atoms. The lowest BCUT2D eigenvalue weighted by atomic mass is 10.0. The number of piperidine rings is 1. The summed E-state index contributed by atoms with van der Waals surface area (Å²) < 4.78 is 7.40. The summed E-state index contributed by atoms with van der Waals surface area (Å²) in [7, 11) is 0. The molecule has 3 rings (SSSR count). The summed E-state index contributed by atoms with van der Waals surface area (Å²) >= 11 is 0. The first-order valence-electron chi connectivity index (χ1n) is 7.71. The number of ether oxygens (including phenoxy) is 1. The second-order valence-electron chi connectivity index (χ2n) is 5.59. The van der Waals surface area contributed by atoms with E-state index in [1.165, 1.54) is 10.9 Å². The smallest absolute Gasteiger partial charge is 0.320 e. The third-order valence-corrected chi connectivity index (χ3v) is 4.24. The van der Waals surface area contributed by atoms with Crippen LogP contribution < -0.4 is 0 Å². The molecule has 0 atom stereocenters. The van der Waals surface area contributed by atoms with E-state index in [1.807, 2.05) is 6.92 Å². The van der Waals surface area contributed by atoms with E-state index < -0.39 is 0 Å². The summed E-state index contributed by atoms with van der Waals surface area (Å²) in [6.45, 7) is 4.64. The van der Waals surface area contributed by atoms with Crippen LogP contribution in [0.5, 0.6) is 0 Å². The first-order chi connectivity index (χ1) is 10.3. The number of nitrogens with zero attached hydrogens (tertiary/aromatic N) is 2. The van der Waals surface area contributed by atoms with E-state index in [9.17, 15) is 4.79 Å². The first-order valence-corrected chi connectivity index (χ1v) is 7.71. The minimum atomic E-state index is -0.109. The van der Waals surface area contributed by atoms with Gasteiger partial charge < -0.3 is 9.30 Å². The number of para-hydroxylation sites is 1. The topological polar surface area (TPSA) is 34.5 Å². The summed E-state index contributed by atoms with van der Waals surface area (Å²) in [5, 5.41) is 1.30. The van der Waals surface area contributed by atoms with Crippen molar-refractivity contribution in [1.29, 1.82) is 0 Å². The molecular formula is C17H22N2O2. The van der Waals surface area contributed by atoms with Gasteiger partial charge in [0.2, 0.25) is 0 Å². The van der Waals surface area contributed by atoms with Crippen molar-refractivity contribution in [3.8, 4) is 0 Å². The first kappa shape index (κ1) is 14.1. The van der Waals surface area contributed by atoms with E-state index in [1.54, 1.807) is 0 Å². The Kier molecular flexibility index (Phi) is 4.25. The average Bonchev–Trinajstić information content (AvgIpc) is 2.92. The van der Waals surface area contributed by atoms with Crippen LogP contribution >= 0.6 is 0 Å². The van der Waals surface area contributed by atoms with Crippen LogP contribution in [-0.2, 0) is 9.53 Å². The molecular weight excluding hydrogens is 264 g/mol. The molecule has 2 heterocycles. The van der Waals surface area contributed by atoms with Crippen molar-refractivity contribution in [2.75, 3.05) is 26.2 Å². The zero-order valence-electron chi connectivity index (χ0n) is 12.5. The van der Waals surface area contributed by atoms with Crippen molar-refractivity contribution in [3.05, 3.63) is 36.5 Å². The number of aromatic nitrogens is 1. The van der Waals surface area contributed by atoms with Gasteiger partial charge >= 0.3 is 5.97 Å². The molecule has 0 bridgehead atoms. The highest BCUT2D eigenvalue weighted by molar-refractivity contribution is 5.80. The number of hydrogen-bond donors (Lipinski definition) is 0. The largest absolute Gasteiger partial charge is 0.465 e. The summed E-state index contributed by atoms with van der Waals surface area (Å²) in [5.41, 5.74) is 1.31. The molecule has 1 aromatic carbocycles. The molecule has 112 valence electrons. The van der Waals surface area contributed by atoms with Gasteiger partial charge in [-0.05, 0) is 37.3 Å². The maximum atomic E-state index is 11.5. The van der Waals surface area contributed by atoms with E-state index in [2.05, 4.69) is 46.0 Å². The lowest BCUT2D eigenvalue weighted by Gasteiger charge is -2.32. The molecule has 0 N–H and O–H groups in total. The van der Waals surface area contributed by atoms with Crippen molar-refractivity contribution in [2.45, 2.75) is 25.8 Å². The summed E-state index contributed by atoms with van der Waals surface area (Å²) in [6.07, 6.45) is 4.35. The molecule has 1 aliphatic heterocycles. The lowest BCUT2D eigenvalue weighted by Crippen LogP contribution is -2.38. The number of hydrogen-bond acceptors (Lipinski definition) is 3. The highest BCUT2D eigenvalue weighted by Crippen LogP contribution is 2.27. The number of likely N-dealkylation sites (tertiary alicyclic amines) is 1. The van der Waals surface area contributed by atoms with Crippen LogP contribution in [0.25, 0.3) is 10.9 Å². The summed E-state index contributed by atoms with van der Waals surface area (Å²) in [4.78, 5) is 13.7. The van der Waals surface area contributed by atoms with E-state index >= 15 is 0 Å². The molecule has 1 aliphatic rings. The predicted octanol–water partition coefficient (Wildman–Crippen LogP) is 2.84. The molecule has 0 saturated carbocycles. The van der Waals surface area contributed by atoms with Gasteiger partial charge in [0.05, 0.1) is 13.2 Å². The monoisotopic (exact) mass is 286 g/mol. The van der Waals surface area contributed by atoms with Gasteiger partial charge in [0.1, 0.15) is 0 Å². The third kappa shape index (κ3) is 3.10. The fourth-order valence-electron chi connectivity index (χ4n) is 3.17. The maximum Gasteiger partial charge on any atom is 0.320 e. The predicted molar refractivity (Wildman–Crippen MR) is 83.3 cm³/mol. The zero-order valence-corrected chi connectivity index (χ0v) is 12.5. The van der Waals surface area contributed by atoms with Crippen molar-refractivity contribution < 1.29 is 9.53 Å². The average molecular weight is 286 g/mol. The normalized spacial score (nSPS) is 17.2.